The average molecular weight is 263 g/mol. The predicted octanol–water partition coefficient (Wildman–Crippen LogP) is 1.20. The second kappa shape index (κ2) is 6.54. The molecule has 0 saturated carbocycles. The third-order valence-electron chi connectivity index (χ3n) is 3.46. The average Bonchev–Trinajstić information content (AvgIpc) is 2.87. The maximum atomic E-state index is 9.14. The number of hydrogen-bond acceptors (Lipinski definition) is 3. The van der Waals surface area contributed by atoms with Gasteiger partial charge in [0, 0.05) is 24.3 Å². The Kier molecular flexibility index (Phi) is 4.76. The molecule has 1 fully saturated rings. The zero-order valence-corrected chi connectivity index (χ0v) is 11.0. The molecule has 0 aliphatic carbocycles. The molecule has 104 valence electrons. The van der Waals surface area contributed by atoms with E-state index in [4.69, 9.17) is 15.6 Å². The molecule has 5 heteroatoms. The van der Waals surface area contributed by atoms with Gasteiger partial charge < -0.3 is 20.9 Å². The van der Waals surface area contributed by atoms with Crippen molar-refractivity contribution in [1.29, 1.82) is 0 Å². The minimum atomic E-state index is -0.0578. The Morgan fingerprint density at radius 2 is 2.21 bits per heavy atom. The molecule has 0 aromatic heterocycles. The van der Waals surface area contributed by atoms with Crippen molar-refractivity contribution >= 4 is 11.6 Å². The van der Waals surface area contributed by atoms with Crippen molar-refractivity contribution < 1.29 is 9.84 Å². The standard InChI is InChI=1S/C14H21N3O2/c15-13(17-12-4-2-1-3-5-12)16-10-14(6-8-18)7-9-19-11-14/h1-5,18H,6-11H2,(H3,15,16,17). The lowest BCUT2D eigenvalue weighted by Crippen LogP contribution is -2.30. The molecule has 1 aromatic rings. The van der Waals surface area contributed by atoms with Gasteiger partial charge in [0.15, 0.2) is 5.96 Å². The number of guanidine groups is 1. The molecule has 2 rings (SSSR count). The number of hydrogen-bond donors (Lipinski definition) is 3. The summed E-state index contributed by atoms with van der Waals surface area (Å²) in [6, 6.07) is 9.70. The lowest BCUT2D eigenvalue weighted by atomic mass is 9.84. The van der Waals surface area contributed by atoms with E-state index in [0.29, 0.717) is 25.5 Å². The zero-order chi connectivity index (χ0) is 13.6. The summed E-state index contributed by atoms with van der Waals surface area (Å²) >= 11 is 0. The number of nitrogens with one attached hydrogen (secondary N) is 1. The van der Waals surface area contributed by atoms with Crippen LogP contribution in [0.5, 0.6) is 0 Å². The lowest BCUT2D eigenvalue weighted by Gasteiger charge is -2.24. The van der Waals surface area contributed by atoms with Gasteiger partial charge in [-0.1, -0.05) is 18.2 Å². The number of para-hydroxylation sites is 1. The molecular weight excluding hydrogens is 242 g/mol. The first-order chi connectivity index (χ1) is 9.24. The predicted molar refractivity (Wildman–Crippen MR) is 76.1 cm³/mol. The molecule has 1 atom stereocenters. The van der Waals surface area contributed by atoms with E-state index < -0.39 is 0 Å². The van der Waals surface area contributed by atoms with Gasteiger partial charge in [-0.05, 0) is 25.0 Å². The van der Waals surface area contributed by atoms with Crippen LogP contribution in [0.4, 0.5) is 5.69 Å². The summed E-state index contributed by atoms with van der Waals surface area (Å²) in [6.07, 6.45) is 1.63. The molecule has 1 aromatic carbocycles. The Labute approximate surface area is 113 Å². The summed E-state index contributed by atoms with van der Waals surface area (Å²) < 4.78 is 5.42. The fraction of sp³-hybridized carbons (Fsp3) is 0.500. The van der Waals surface area contributed by atoms with Crippen LogP contribution in [-0.2, 0) is 4.74 Å². The third kappa shape index (κ3) is 3.94. The van der Waals surface area contributed by atoms with E-state index in [2.05, 4.69) is 10.3 Å². The van der Waals surface area contributed by atoms with Gasteiger partial charge in [0.25, 0.3) is 0 Å². The largest absolute Gasteiger partial charge is 0.396 e. The number of rotatable bonds is 5. The molecule has 0 radical (unpaired) electrons. The van der Waals surface area contributed by atoms with E-state index in [1.165, 1.54) is 0 Å². The van der Waals surface area contributed by atoms with Crippen LogP contribution in [0.2, 0.25) is 0 Å². The molecular formula is C14H21N3O2. The second-order valence-electron chi connectivity index (χ2n) is 4.97. The zero-order valence-electron chi connectivity index (χ0n) is 11.0. The smallest absolute Gasteiger partial charge is 0.193 e. The van der Waals surface area contributed by atoms with Gasteiger partial charge in [-0.2, -0.15) is 0 Å². The van der Waals surface area contributed by atoms with Crippen LogP contribution in [-0.4, -0.2) is 37.4 Å². The van der Waals surface area contributed by atoms with Crippen molar-refractivity contribution in [3.63, 3.8) is 0 Å². The summed E-state index contributed by atoms with van der Waals surface area (Å²) in [7, 11) is 0. The third-order valence-corrected chi connectivity index (χ3v) is 3.46. The Morgan fingerprint density at radius 3 is 2.84 bits per heavy atom. The van der Waals surface area contributed by atoms with Crippen LogP contribution >= 0.6 is 0 Å². The van der Waals surface area contributed by atoms with Crippen molar-refractivity contribution in [2.45, 2.75) is 12.8 Å². The van der Waals surface area contributed by atoms with E-state index in [0.717, 1.165) is 18.7 Å². The quantitative estimate of drug-likeness (QED) is 0.551. The van der Waals surface area contributed by atoms with Gasteiger partial charge in [-0.15, -0.1) is 0 Å². The number of aliphatic hydroxyl groups excluding tert-OH is 1. The van der Waals surface area contributed by atoms with Crippen molar-refractivity contribution in [2.75, 3.05) is 31.7 Å². The number of anilines is 1. The molecule has 1 aliphatic heterocycles. The Balaban J connectivity index is 1.93. The van der Waals surface area contributed by atoms with E-state index in [-0.39, 0.29) is 12.0 Å². The minimum Gasteiger partial charge on any atom is -0.396 e. The molecule has 19 heavy (non-hydrogen) atoms. The van der Waals surface area contributed by atoms with Crippen molar-refractivity contribution in [2.24, 2.45) is 16.1 Å². The SMILES string of the molecule is NC(=NCC1(CCO)CCOC1)Nc1ccccc1. The number of aliphatic imine (C=N–C) groups is 1. The Hall–Kier alpha value is -1.59. The highest BCUT2D eigenvalue weighted by molar-refractivity contribution is 5.92. The summed E-state index contributed by atoms with van der Waals surface area (Å²) in [6.45, 7) is 2.13. The highest BCUT2D eigenvalue weighted by atomic mass is 16.5. The topological polar surface area (TPSA) is 79.9 Å². The maximum absolute atomic E-state index is 9.14. The Morgan fingerprint density at radius 1 is 1.42 bits per heavy atom. The maximum Gasteiger partial charge on any atom is 0.193 e. The van der Waals surface area contributed by atoms with Crippen LogP contribution in [0.25, 0.3) is 0 Å². The van der Waals surface area contributed by atoms with Crippen LogP contribution in [0.3, 0.4) is 0 Å². The Bertz CT molecular complexity index is 414. The van der Waals surface area contributed by atoms with E-state index >= 15 is 0 Å². The fourth-order valence-electron chi connectivity index (χ4n) is 2.25. The molecule has 1 saturated heterocycles. The molecule has 0 amide bonds. The number of benzene rings is 1. The summed E-state index contributed by atoms with van der Waals surface area (Å²) in [5.41, 5.74) is 6.74. The van der Waals surface area contributed by atoms with Crippen molar-refractivity contribution in [3.05, 3.63) is 30.3 Å². The highest BCUT2D eigenvalue weighted by Crippen LogP contribution is 2.32. The first-order valence-electron chi connectivity index (χ1n) is 6.55. The molecule has 0 bridgehead atoms. The highest BCUT2D eigenvalue weighted by Gasteiger charge is 2.34. The second-order valence-corrected chi connectivity index (χ2v) is 4.97. The first kappa shape index (κ1) is 13.8. The number of aliphatic hydroxyl groups is 1. The summed E-state index contributed by atoms with van der Waals surface area (Å²) in [5.74, 6) is 0.399. The number of nitrogens with zero attached hydrogens (tertiary/aromatic N) is 1. The van der Waals surface area contributed by atoms with Gasteiger partial charge in [0.1, 0.15) is 0 Å². The molecule has 0 spiro atoms. The van der Waals surface area contributed by atoms with Gasteiger partial charge in [-0.25, -0.2) is 0 Å². The van der Waals surface area contributed by atoms with Crippen LogP contribution in [0.1, 0.15) is 12.8 Å². The normalized spacial score (nSPS) is 23.5. The number of ether oxygens (including phenoxy) is 1. The molecule has 4 N–H and O–H groups in total. The van der Waals surface area contributed by atoms with Crippen molar-refractivity contribution in [3.8, 4) is 0 Å². The monoisotopic (exact) mass is 263 g/mol. The lowest BCUT2D eigenvalue weighted by molar-refractivity contribution is 0.131. The molecule has 1 unspecified atom stereocenters. The fourth-order valence-corrected chi connectivity index (χ4v) is 2.25. The number of nitrogens with two attached hydrogens (primary N) is 1. The van der Waals surface area contributed by atoms with Gasteiger partial charge >= 0.3 is 0 Å². The van der Waals surface area contributed by atoms with Crippen molar-refractivity contribution in [1.82, 2.24) is 0 Å². The molecule has 1 aliphatic rings. The van der Waals surface area contributed by atoms with Crippen LogP contribution < -0.4 is 11.1 Å². The first-order valence-corrected chi connectivity index (χ1v) is 6.55. The summed E-state index contributed by atoms with van der Waals surface area (Å²) in [4.78, 5) is 4.38. The van der Waals surface area contributed by atoms with E-state index in [9.17, 15) is 0 Å². The van der Waals surface area contributed by atoms with Gasteiger partial charge in [0.05, 0.1) is 13.2 Å². The van der Waals surface area contributed by atoms with Gasteiger partial charge in [0.2, 0.25) is 0 Å². The summed E-state index contributed by atoms with van der Waals surface area (Å²) in [5, 5.41) is 12.2. The minimum absolute atomic E-state index is 0.0578. The van der Waals surface area contributed by atoms with Crippen LogP contribution in [0, 0.1) is 5.41 Å². The van der Waals surface area contributed by atoms with E-state index in [1.807, 2.05) is 30.3 Å². The van der Waals surface area contributed by atoms with E-state index in [1.54, 1.807) is 0 Å². The molecule has 5 nitrogen and oxygen atoms in total. The van der Waals surface area contributed by atoms with Crippen LogP contribution in [0.15, 0.2) is 35.3 Å². The molecule has 1 heterocycles. The van der Waals surface area contributed by atoms with Gasteiger partial charge in [-0.3, -0.25) is 4.99 Å².